The first-order valence-electron chi connectivity index (χ1n) is 15.0. The van der Waals surface area contributed by atoms with E-state index >= 15 is 0 Å². The van der Waals surface area contributed by atoms with Gasteiger partial charge in [-0.05, 0) is 19.3 Å². The Morgan fingerprint density at radius 1 is 0.816 bits per heavy atom. The normalized spacial score (nSPS) is 32.6. The molecule has 0 spiro atoms. The van der Waals surface area contributed by atoms with Crippen molar-refractivity contribution >= 4 is 45.5 Å². The minimum Gasteiger partial charge on any atom is -0.547 e. The monoisotopic (exact) mass is 760 g/mol. The van der Waals surface area contributed by atoms with Crippen molar-refractivity contribution in [1.82, 2.24) is 10.6 Å². The fourth-order valence-electron chi connectivity index (χ4n) is 5.11. The number of carbonyl (C=O) groups excluding carboxylic acids is 4. The number of carboxylic acids is 2. The van der Waals surface area contributed by atoms with Gasteiger partial charge in [-0.15, -0.1) is 0 Å². The number of methoxy groups -OCH3 is 2. The summed E-state index contributed by atoms with van der Waals surface area (Å²) in [5, 5.41) is 60.9. The van der Waals surface area contributed by atoms with Gasteiger partial charge in [0.25, 0.3) is 0 Å². The van der Waals surface area contributed by atoms with Crippen LogP contribution in [0.5, 0.6) is 0 Å². The van der Waals surface area contributed by atoms with E-state index in [1.54, 1.807) is 0 Å². The zero-order valence-corrected chi connectivity index (χ0v) is 33.5. The summed E-state index contributed by atoms with van der Waals surface area (Å²) < 4.78 is 36.3. The van der Waals surface area contributed by atoms with Crippen molar-refractivity contribution in [3.63, 3.8) is 0 Å². The molecule has 49 heavy (non-hydrogen) atoms. The summed E-state index contributed by atoms with van der Waals surface area (Å²) in [6, 6.07) is 0. The van der Waals surface area contributed by atoms with Crippen LogP contribution in [-0.4, -0.2) is 152 Å². The molecule has 0 saturated carbocycles. The van der Waals surface area contributed by atoms with Crippen molar-refractivity contribution in [2.75, 3.05) is 46.3 Å². The van der Waals surface area contributed by atoms with Gasteiger partial charge in [-0.1, -0.05) is 28.0 Å². The van der Waals surface area contributed by atoms with Crippen molar-refractivity contribution in [3.05, 3.63) is 0 Å². The van der Waals surface area contributed by atoms with E-state index in [1.807, 2.05) is 21.6 Å². The standard InChI is InChI=1S/C27H44N2O16S2.2Na/c1-39-18-15(31)16(32)25(43-21(18)23(34)35)42-19-17(33)20(26(40-2)44-22(19)24(36)37)45-27(38)29-9-11-41-10-8-28-14(30)6-4-3-5-13-7-12-46-47-13;;/h13,15-22,25-26,31-33H,3-12H2,1-2H3,(H,28,30)(H,29,38)(H,34,35)(H,36,37);;/q;2*+1/p-2/t13?,15?,16?,17?,18-,19-,20-,21+,22?,25?,26+;;/m0../s1. The number of hydrogen-bond acceptors (Lipinski definition) is 18. The Morgan fingerprint density at radius 3 is 2.04 bits per heavy atom. The van der Waals surface area contributed by atoms with Crippen molar-refractivity contribution < 1.29 is 137 Å². The Balaban J connectivity index is 0.00000600. The van der Waals surface area contributed by atoms with Gasteiger partial charge >= 0.3 is 65.2 Å². The van der Waals surface area contributed by atoms with Gasteiger partial charge in [0.15, 0.2) is 18.7 Å². The molecule has 11 atom stereocenters. The van der Waals surface area contributed by atoms with Crippen molar-refractivity contribution in [2.45, 2.75) is 98.8 Å². The number of alkyl carbamates (subject to hydrolysis) is 1. The smallest absolute Gasteiger partial charge is 0.547 e. The van der Waals surface area contributed by atoms with Crippen LogP contribution in [0.1, 0.15) is 32.1 Å². The summed E-state index contributed by atoms with van der Waals surface area (Å²) in [5.41, 5.74) is 0. The quantitative estimate of drug-likeness (QED) is 0.0493. The Morgan fingerprint density at radius 2 is 1.45 bits per heavy atom. The third-order valence-electron chi connectivity index (χ3n) is 7.56. The molecule has 3 aliphatic rings. The molecule has 0 aromatic rings. The number of ether oxygens (including phenoxy) is 7. The van der Waals surface area contributed by atoms with Crippen LogP contribution in [0.25, 0.3) is 0 Å². The fraction of sp³-hybridized carbons (Fsp3) is 0.852. The summed E-state index contributed by atoms with van der Waals surface area (Å²) in [5.74, 6) is -2.61. The average Bonchev–Trinajstić information content (AvgIpc) is 3.56. The molecule has 3 heterocycles. The number of amides is 2. The molecule has 2 amide bonds. The van der Waals surface area contributed by atoms with Crippen LogP contribution in [0.4, 0.5) is 4.79 Å². The number of hydrogen-bond donors (Lipinski definition) is 5. The Labute approximate surface area is 335 Å². The minimum atomic E-state index is -2.09. The molecule has 5 N–H and O–H groups in total. The van der Waals surface area contributed by atoms with Gasteiger partial charge in [0.05, 0.1) is 25.2 Å². The first-order valence-corrected chi connectivity index (χ1v) is 17.4. The molecule has 3 fully saturated rings. The van der Waals surface area contributed by atoms with Crippen LogP contribution in [0.15, 0.2) is 0 Å². The maximum atomic E-state index is 12.5. The number of aliphatic carboxylic acids is 2. The van der Waals surface area contributed by atoms with E-state index < -0.39 is 79.4 Å². The van der Waals surface area contributed by atoms with Gasteiger partial charge in [0, 0.05) is 44.7 Å². The van der Waals surface area contributed by atoms with Gasteiger partial charge in [0.2, 0.25) is 5.91 Å². The largest absolute Gasteiger partial charge is 1.00 e. The molecule has 0 aromatic carbocycles. The van der Waals surface area contributed by atoms with Gasteiger partial charge < -0.3 is 78.9 Å². The van der Waals surface area contributed by atoms with E-state index in [1.165, 1.54) is 12.2 Å². The SMILES string of the molecule is CO[C@@H]1OC(C(=O)[O-])[C@@H](OC2O[C@@H](C(=O)[O-])[C@@H](OC)C(O)C2O)C(O)[C@@H]1OC(=O)NCCOCCNC(=O)CCCCC1CCSS1.[Na+].[Na+]. The second kappa shape index (κ2) is 24.4. The first-order chi connectivity index (χ1) is 22.5. The summed E-state index contributed by atoms with van der Waals surface area (Å²) >= 11 is 0. The van der Waals surface area contributed by atoms with Crippen LogP contribution in [0, 0.1) is 0 Å². The second-order valence-electron chi connectivity index (χ2n) is 10.8. The molecular weight excluding hydrogens is 718 g/mol. The van der Waals surface area contributed by atoms with Crippen LogP contribution in [-0.2, 0) is 47.5 Å². The van der Waals surface area contributed by atoms with E-state index in [9.17, 15) is 44.7 Å². The molecular formula is C27H42N2Na2O16S2. The number of aliphatic hydroxyl groups is 3. The molecule has 22 heteroatoms. The Bertz CT molecular complexity index is 1040. The van der Waals surface area contributed by atoms with Crippen molar-refractivity contribution in [3.8, 4) is 0 Å². The van der Waals surface area contributed by atoms with E-state index in [4.69, 9.17) is 33.2 Å². The maximum Gasteiger partial charge on any atom is 1.00 e. The first kappa shape index (κ1) is 47.0. The zero-order chi connectivity index (χ0) is 34.5. The molecule has 0 radical (unpaired) electrons. The molecule has 0 bridgehead atoms. The van der Waals surface area contributed by atoms with Gasteiger partial charge in [-0.2, -0.15) is 0 Å². The van der Waals surface area contributed by atoms with Gasteiger partial charge in [-0.25, -0.2) is 4.79 Å². The minimum absolute atomic E-state index is 0. The van der Waals surface area contributed by atoms with Crippen LogP contribution >= 0.6 is 21.6 Å². The number of rotatable bonds is 18. The van der Waals surface area contributed by atoms with Crippen molar-refractivity contribution in [2.24, 2.45) is 0 Å². The molecule has 3 rings (SSSR count). The predicted molar refractivity (Wildman–Crippen MR) is 157 cm³/mol. The van der Waals surface area contributed by atoms with Crippen LogP contribution < -0.4 is 80.0 Å². The number of unbranched alkanes of at least 4 members (excludes halogenated alkanes) is 1. The third-order valence-corrected chi connectivity index (χ3v) is 10.6. The molecule has 6 unspecified atom stereocenters. The van der Waals surface area contributed by atoms with E-state index in [0.717, 1.165) is 33.5 Å². The Hall–Kier alpha value is 0.0200. The third kappa shape index (κ3) is 14.4. The zero-order valence-electron chi connectivity index (χ0n) is 27.9. The van der Waals surface area contributed by atoms with E-state index in [2.05, 4.69) is 10.6 Å². The number of carboxylic acid groups (broad SMARTS) is 2. The molecule has 0 aliphatic carbocycles. The molecule has 3 aliphatic heterocycles. The van der Waals surface area contributed by atoms with E-state index in [-0.39, 0.29) is 91.3 Å². The molecule has 18 nitrogen and oxygen atoms in total. The number of aliphatic hydroxyl groups excluding tert-OH is 3. The van der Waals surface area contributed by atoms with Crippen molar-refractivity contribution in [1.29, 1.82) is 0 Å². The molecule has 270 valence electrons. The number of nitrogens with one attached hydrogen (secondary N) is 2. The predicted octanol–water partition coefficient (Wildman–Crippen LogP) is -9.99. The summed E-state index contributed by atoms with van der Waals surface area (Å²) in [6.07, 6.45) is -15.3. The summed E-state index contributed by atoms with van der Waals surface area (Å²) in [7, 11) is 5.95. The Kier molecular flexibility index (Phi) is 23.4. The summed E-state index contributed by atoms with van der Waals surface area (Å²) in [4.78, 5) is 47.8. The van der Waals surface area contributed by atoms with Gasteiger partial charge in [0.1, 0.15) is 42.7 Å². The van der Waals surface area contributed by atoms with E-state index in [0.29, 0.717) is 11.7 Å². The maximum absolute atomic E-state index is 12.5. The molecule has 0 aromatic heterocycles. The van der Waals surface area contributed by atoms with Crippen LogP contribution in [0.3, 0.4) is 0 Å². The summed E-state index contributed by atoms with van der Waals surface area (Å²) in [6.45, 7) is 0.473. The van der Waals surface area contributed by atoms with Crippen LogP contribution in [0.2, 0.25) is 0 Å². The second-order valence-corrected chi connectivity index (χ2v) is 13.6. The van der Waals surface area contributed by atoms with Gasteiger partial charge in [-0.3, -0.25) is 4.79 Å². The fourth-order valence-corrected chi connectivity index (χ4v) is 8.13. The average molecular weight is 761 g/mol. The molecule has 3 saturated heterocycles. The number of carbonyl (C=O) groups is 4. The topological polar surface area (TPSA) is 264 Å².